The molecule has 0 fully saturated rings. The third-order valence-electron chi connectivity index (χ3n) is 3.13. The zero-order chi connectivity index (χ0) is 15.6. The summed E-state index contributed by atoms with van der Waals surface area (Å²) in [7, 11) is 1.77. The minimum atomic E-state index is -4.31. The van der Waals surface area contributed by atoms with Gasteiger partial charge in [0.1, 0.15) is 0 Å². The van der Waals surface area contributed by atoms with Gasteiger partial charge in [-0.05, 0) is 37.2 Å². The molecule has 0 saturated carbocycles. The second-order valence-corrected chi connectivity index (χ2v) is 6.81. The average Bonchev–Trinajstić information content (AvgIpc) is 2.74. The Morgan fingerprint density at radius 3 is 2.24 bits per heavy atom. The van der Waals surface area contributed by atoms with E-state index >= 15 is 0 Å². The lowest BCUT2D eigenvalue weighted by Gasteiger charge is -2.16. The first-order chi connectivity index (χ1) is 9.81. The molecule has 0 aliphatic carbocycles. The Morgan fingerprint density at radius 1 is 1.19 bits per heavy atom. The molecule has 1 nitrogen and oxygen atoms in total. The molecule has 1 aromatic carbocycles. The van der Waals surface area contributed by atoms with Crippen molar-refractivity contribution in [2.75, 3.05) is 7.05 Å². The van der Waals surface area contributed by atoms with E-state index in [9.17, 15) is 13.2 Å². The highest BCUT2D eigenvalue weighted by Gasteiger charge is 2.30. The largest absolute Gasteiger partial charge is 0.416 e. The third kappa shape index (κ3) is 4.13. The molecule has 0 spiro atoms. The van der Waals surface area contributed by atoms with Crippen molar-refractivity contribution in [3.63, 3.8) is 0 Å². The summed E-state index contributed by atoms with van der Waals surface area (Å²) < 4.78 is 38.8. The van der Waals surface area contributed by atoms with Gasteiger partial charge in [0.15, 0.2) is 0 Å². The van der Waals surface area contributed by atoms with Crippen LogP contribution in [0.3, 0.4) is 0 Å². The van der Waals surface area contributed by atoms with Crippen LogP contribution < -0.4 is 5.32 Å². The van der Waals surface area contributed by atoms with Crippen LogP contribution >= 0.6 is 34.5 Å². The Labute approximate surface area is 134 Å². The normalized spacial score (nSPS) is 13.4. The quantitative estimate of drug-likeness (QED) is 0.756. The van der Waals surface area contributed by atoms with Gasteiger partial charge in [0.05, 0.1) is 14.2 Å². The Balaban J connectivity index is 2.17. The van der Waals surface area contributed by atoms with Crippen molar-refractivity contribution in [3.8, 4) is 0 Å². The molecule has 2 rings (SSSR count). The molecule has 0 aliphatic rings. The molecule has 1 aromatic heterocycles. The number of nitrogens with one attached hydrogen (secondary N) is 1. The van der Waals surface area contributed by atoms with Gasteiger partial charge in [0.2, 0.25) is 0 Å². The third-order valence-corrected chi connectivity index (χ3v) is 4.65. The molecule has 2 aromatic rings. The average molecular weight is 354 g/mol. The molecule has 1 heterocycles. The fraction of sp³-hybridized carbons (Fsp3) is 0.286. The predicted molar refractivity (Wildman–Crippen MR) is 81.3 cm³/mol. The SMILES string of the molecule is CNC(Cc1ccc(C(F)(F)F)cc1)c1cc(Cl)sc1Cl. The van der Waals surface area contributed by atoms with Crippen molar-refractivity contribution in [1.29, 1.82) is 0 Å². The van der Waals surface area contributed by atoms with Gasteiger partial charge in [-0.2, -0.15) is 13.2 Å². The first-order valence-electron chi connectivity index (χ1n) is 6.09. The summed E-state index contributed by atoms with van der Waals surface area (Å²) in [5.74, 6) is 0. The van der Waals surface area contributed by atoms with Crippen LogP contribution in [0.2, 0.25) is 8.67 Å². The number of rotatable bonds is 4. The molecule has 114 valence electrons. The highest BCUT2D eigenvalue weighted by Crippen LogP contribution is 2.36. The summed E-state index contributed by atoms with van der Waals surface area (Å²) in [6, 6.07) is 6.82. The second-order valence-electron chi connectivity index (χ2n) is 4.52. The predicted octanol–water partition coefficient (Wildman–Crippen LogP) is 5.58. The number of likely N-dealkylation sites (N-methyl/N-ethyl adjacent to an activating group) is 1. The summed E-state index contributed by atoms with van der Waals surface area (Å²) >= 11 is 13.3. The van der Waals surface area contributed by atoms with Crippen molar-refractivity contribution in [2.45, 2.75) is 18.6 Å². The number of thiophene rings is 1. The molecule has 0 radical (unpaired) electrons. The van der Waals surface area contributed by atoms with Crippen molar-refractivity contribution in [2.24, 2.45) is 0 Å². The molecule has 21 heavy (non-hydrogen) atoms. The van der Waals surface area contributed by atoms with Gasteiger partial charge in [-0.25, -0.2) is 0 Å². The van der Waals surface area contributed by atoms with E-state index in [1.807, 2.05) is 0 Å². The van der Waals surface area contributed by atoms with E-state index < -0.39 is 11.7 Å². The lowest BCUT2D eigenvalue weighted by Crippen LogP contribution is -2.18. The van der Waals surface area contributed by atoms with E-state index in [1.165, 1.54) is 23.5 Å². The Hall–Kier alpha value is -0.750. The lowest BCUT2D eigenvalue weighted by molar-refractivity contribution is -0.137. The summed E-state index contributed by atoms with van der Waals surface area (Å²) in [5, 5.41) is 3.11. The van der Waals surface area contributed by atoms with Gasteiger partial charge < -0.3 is 5.32 Å². The van der Waals surface area contributed by atoms with E-state index in [2.05, 4.69) is 5.32 Å². The van der Waals surface area contributed by atoms with E-state index in [0.717, 1.165) is 23.3 Å². The molecule has 1 unspecified atom stereocenters. The number of hydrogen-bond acceptors (Lipinski definition) is 2. The molecule has 1 N–H and O–H groups in total. The van der Waals surface area contributed by atoms with Gasteiger partial charge in [0, 0.05) is 11.6 Å². The van der Waals surface area contributed by atoms with Crippen molar-refractivity contribution in [1.82, 2.24) is 5.32 Å². The Bertz CT molecular complexity index is 608. The summed E-state index contributed by atoms with van der Waals surface area (Å²) in [6.45, 7) is 0. The maximum atomic E-state index is 12.5. The van der Waals surface area contributed by atoms with Gasteiger partial charge >= 0.3 is 6.18 Å². The van der Waals surface area contributed by atoms with E-state index in [0.29, 0.717) is 15.1 Å². The van der Waals surface area contributed by atoms with Crippen LogP contribution in [0, 0.1) is 0 Å². The van der Waals surface area contributed by atoms with Crippen molar-refractivity contribution in [3.05, 3.63) is 55.7 Å². The fourth-order valence-corrected chi connectivity index (χ4v) is 3.60. The number of benzene rings is 1. The van der Waals surface area contributed by atoms with Crippen LogP contribution in [0.5, 0.6) is 0 Å². The van der Waals surface area contributed by atoms with E-state index in [-0.39, 0.29) is 6.04 Å². The van der Waals surface area contributed by atoms with E-state index in [1.54, 1.807) is 13.1 Å². The van der Waals surface area contributed by atoms with E-state index in [4.69, 9.17) is 23.2 Å². The first-order valence-corrected chi connectivity index (χ1v) is 7.66. The van der Waals surface area contributed by atoms with Crippen molar-refractivity contribution >= 4 is 34.5 Å². The van der Waals surface area contributed by atoms with Crippen LogP contribution in [0.4, 0.5) is 13.2 Å². The van der Waals surface area contributed by atoms with Crippen LogP contribution in [0.25, 0.3) is 0 Å². The summed E-state index contributed by atoms with van der Waals surface area (Å²) in [6.07, 6.45) is -3.79. The van der Waals surface area contributed by atoms with Crippen LogP contribution in [-0.2, 0) is 12.6 Å². The molecule has 7 heteroatoms. The second kappa shape index (κ2) is 6.57. The molecule has 1 atom stereocenters. The molecular formula is C14H12Cl2F3NS. The number of halogens is 5. The zero-order valence-electron chi connectivity index (χ0n) is 11.0. The minimum Gasteiger partial charge on any atom is -0.313 e. The smallest absolute Gasteiger partial charge is 0.313 e. The highest BCUT2D eigenvalue weighted by molar-refractivity contribution is 7.20. The summed E-state index contributed by atoms with van der Waals surface area (Å²) in [5.41, 5.74) is 0.999. The molecule has 0 aliphatic heterocycles. The minimum absolute atomic E-state index is 0.0991. The van der Waals surface area contributed by atoms with Crippen LogP contribution in [0.15, 0.2) is 30.3 Å². The first kappa shape index (κ1) is 16.6. The number of hydrogen-bond donors (Lipinski definition) is 1. The van der Waals surface area contributed by atoms with Gasteiger partial charge in [-0.3, -0.25) is 0 Å². The standard InChI is InChI=1S/C14H12Cl2F3NS/c1-20-11(10-7-12(15)21-13(10)16)6-8-2-4-9(5-3-8)14(17,18)19/h2-5,7,11,20H,6H2,1H3. The fourth-order valence-electron chi connectivity index (χ4n) is 2.02. The molecule has 0 amide bonds. The maximum Gasteiger partial charge on any atom is 0.416 e. The van der Waals surface area contributed by atoms with Gasteiger partial charge in [-0.15, -0.1) is 11.3 Å². The zero-order valence-corrected chi connectivity index (χ0v) is 13.3. The molecule has 0 saturated heterocycles. The molecule has 0 bridgehead atoms. The number of alkyl halides is 3. The summed E-state index contributed by atoms with van der Waals surface area (Å²) in [4.78, 5) is 0. The topological polar surface area (TPSA) is 12.0 Å². The monoisotopic (exact) mass is 353 g/mol. The Morgan fingerprint density at radius 2 is 1.81 bits per heavy atom. The van der Waals surface area contributed by atoms with Gasteiger partial charge in [0.25, 0.3) is 0 Å². The van der Waals surface area contributed by atoms with Crippen LogP contribution in [-0.4, -0.2) is 7.05 Å². The van der Waals surface area contributed by atoms with Crippen LogP contribution in [0.1, 0.15) is 22.7 Å². The highest BCUT2D eigenvalue weighted by atomic mass is 35.5. The Kier molecular flexibility index (Phi) is 5.20. The van der Waals surface area contributed by atoms with Crippen molar-refractivity contribution < 1.29 is 13.2 Å². The maximum absolute atomic E-state index is 12.5. The lowest BCUT2D eigenvalue weighted by atomic mass is 10.0. The molecular weight excluding hydrogens is 342 g/mol. The van der Waals surface area contributed by atoms with Gasteiger partial charge in [-0.1, -0.05) is 35.3 Å².